The third-order valence-electron chi connectivity index (χ3n) is 11.8. The maximum Gasteiger partial charge on any atom is 0.166 e. The number of phenolic OH excluding ortho intramolecular Hbond substituents is 2. The van der Waals surface area contributed by atoms with Crippen molar-refractivity contribution in [3.63, 3.8) is 0 Å². The standard InChI is InChI=1S/C56H36O2/c57-55-51-43-27-15-16-28-44(43)52(56(55)58)54-50(46-32-30-40(36-19-7-2-8-20-36)34-48(46)38-23-11-4-12-24-38)42-26-14-13-25-41(42)49(53(51)54)45-31-29-39(35-17-5-1-6-18-35)33-47(45)37-21-9-3-10-22-37/h1-34,57-58H. The summed E-state index contributed by atoms with van der Waals surface area (Å²) >= 11 is 0. The first-order valence-corrected chi connectivity index (χ1v) is 19.7. The Labute approximate surface area is 336 Å². The number of hydrogen-bond acceptors (Lipinski definition) is 2. The Balaban J connectivity index is 1.34. The average Bonchev–Trinajstić information content (AvgIpc) is 3.30. The van der Waals surface area contributed by atoms with Crippen LogP contribution in [0, 0.1) is 0 Å². The highest BCUT2D eigenvalue weighted by molar-refractivity contribution is 6.41. The molecule has 0 unspecified atom stereocenters. The van der Waals surface area contributed by atoms with Crippen LogP contribution in [0.3, 0.4) is 0 Å². The fourth-order valence-electron chi connectivity index (χ4n) is 9.27. The highest BCUT2D eigenvalue weighted by atomic mass is 16.3. The van der Waals surface area contributed by atoms with Crippen LogP contribution in [-0.4, -0.2) is 10.2 Å². The Hall–Kier alpha value is -7.68. The van der Waals surface area contributed by atoms with Crippen LogP contribution < -0.4 is 0 Å². The van der Waals surface area contributed by atoms with Gasteiger partial charge in [-0.3, -0.25) is 0 Å². The SMILES string of the molecule is Oc1c(O)c2c3ccccc3c1c1c(-c3ccc(-c4ccccc4)cc3-c3ccccc3)c3ccccc3c(-c3ccc(-c4ccccc4)cc3-c3ccccc3)c21. The maximum atomic E-state index is 12.1. The van der Waals surface area contributed by atoms with Crippen molar-refractivity contribution in [1.29, 1.82) is 0 Å². The summed E-state index contributed by atoms with van der Waals surface area (Å²) in [5.41, 5.74) is 13.1. The molecule has 0 atom stereocenters. The van der Waals surface area contributed by atoms with Gasteiger partial charge in [0.1, 0.15) is 0 Å². The molecule has 2 nitrogen and oxygen atoms in total. The average molecular weight is 741 g/mol. The zero-order chi connectivity index (χ0) is 38.7. The normalized spacial score (nSPS) is 11.6. The Morgan fingerprint density at radius 2 is 0.534 bits per heavy atom. The zero-order valence-electron chi connectivity index (χ0n) is 31.5. The molecule has 0 amide bonds. The summed E-state index contributed by atoms with van der Waals surface area (Å²) in [5, 5.41) is 31.3. The molecule has 0 aromatic heterocycles. The van der Waals surface area contributed by atoms with Crippen molar-refractivity contribution in [2.45, 2.75) is 0 Å². The van der Waals surface area contributed by atoms with Crippen molar-refractivity contribution in [2.24, 2.45) is 0 Å². The quantitative estimate of drug-likeness (QED) is 0.132. The minimum atomic E-state index is -0.0893. The lowest BCUT2D eigenvalue weighted by Crippen LogP contribution is -1.98. The molecule has 12 aromatic carbocycles. The predicted molar refractivity (Wildman–Crippen MR) is 244 cm³/mol. The summed E-state index contributed by atoms with van der Waals surface area (Å²) in [4.78, 5) is 0. The molecule has 0 saturated carbocycles. The van der Waals surface area contributed by atoms with Crippen molar-refractivity contribution >= 4 is 43.1 Å². The van der Waals surface area contributed by atoms with Gasteiger partial charge in [-0.05, 0) is 100 Å². The van der Waals surface area contributed by atoms with E-state index in [1.807, 2.05) is 24.3 Å². The molecule has 0 aliphatic rings. The molecular weight excluding hydrogens is 705 g/mol. The smallest absolute Gasteiger partial charge is 0.166 e. The lowest BCUT2D eigenvalue weighted by atomic mass is 9.77. The number of fused-ring (bicyclic) bond motifs is 2. The molecule has 272 valence electrons. The monoisotopic (exact) mass is 740 g/mol. The van der Waals surface area contributed by atoms with Crippen LogP contribution in [0.15, 0.2) is 206 Å². The van der Waals surface area contributed by atoms with Crippen LogP contribution in [0.25, 0.3) is 110 Å². The largest absolute Gasteiger partial charge is 0.504 e. The molecule has 0 spiro atoms. The second-order valence-corrected chi connectivity index (χ2v) is 15.0. The van der Waals surface area contributed by atoms with E-state index >= 15 is 0 Å². The minimum Gasteiger partial charge on any atom is -0.504 e. The van der Waals surface area contributed by atoms with E-state index < -0.39 is 0 Å². The van der Waals surface area contributed by atoms with E-state index in [9.17, 15) is 10.2 Å². The van der Waals surface area contributed by atoms with E-state index in [1.165, 1.54) is 0 Å². The molecule has 0 aliphatic heterocycles. The number of hydrogen-bond donors (Lipinski definition) is 2. The second kappa shape index (κ2) is 13.5. The molecule has 0 radical (unpaired) electrons. The van der Waals surface area contributed by atoms with Gasteiger partial charge < -0.3 is 10.2 Å². The lowest BCUT2D eigenvalue weighted by Gasteiger charge is -2.26. The number of rotatable bonds is 6. The first kappa shape index (κ1) is 33.6. The van der Waals surface area contributed by atoms with Crippen LogP contribution in [0.1, 0.15) is 0 Å². The van der Waals surface area contributed by atoms with Gasteiger partial charge in [-0.15, -0.1) is 0 Å². The van der Waals surface area contributed by atoms with Gasteiger partial charge in [0, 0.05) is 21.5 Å². The summed E-state index contributed by atoms with van der Waals surface area (Å²) < 4.78 is 0. The van der Waals surface area contributed by atoms with E-state index in [-0.39, 0.29) is 11.5 Å². The molecule has 0 fully saturated rings. The molecule has 2 heteroatoms. The van der Waals surface area contributed by atoms with Gasteiger partial charge in [-0.25, -0.2) is 0 Å². The highest BCUT2D eigenvalue weighted by Crippen LogP contribution is 2.58. The van der Waals surface area contributed by atoms with Gasteiger partial charge in [-0.2, -0.15) is 0 Å². The fourth-order valence-corrected chi connectivity index (χ4v) is 9.27. The van der Waals surface area contributed by atoms with Gasteiger partial charge in [0.25, 0.3) is 0 Å². The van der Waals surface area contributed by atoms with Crippen molar-refractivity contribution in [2.75, 3.05) is 0 Å². The third-order valence-corrected chi connectivity index (χ3v) is 11.8. The maximum absolute atomic E-state index is 12.1. The number of aromatic hydroxyl groups is 2. The van der Waals surface area contributed by atoms with Crippen LogP contribution in [0.5, 0.6) is 11.5 Å². The Morgan fingerprint density at radius 1 is 0.224 bits per heavy atom. The van der Waals surface area contributed by atoms with Crippen LogP contribution in [0.4, 0.5) is 0 Å². The molecule has 0 aliphatic carbocycles. The molecule has 0 heterocycles. The summed E-state index contributed by atoms with van der Waals surface area (Å²) in [6.07, 6.45) is 0. The Bertz CT molecular complexity index is 3090. The van der Waals surface area contributed by atoms with Crippen molar-refractivity contribution in [1.82, 2.24) is 0 Å². The van der Waals surface area contributed by atoms with Crippen LogP contribution in [-0.2, 0) is 0 Å². The molecule has 12 aromatic rings. The van der Waals surface area contributed by atoms with Crippen molar-refractivity contribution in [3.8, 4) is 78.3 Å². The molecule has 2 bridgehead atoms. The molecule has 12 rings (SSSR count). The zero-order valence-corrected chi connectivity index (χ0v) is 31.5. The fraction of sp³-hybridized carbons (Fsp3) is 0. The predicted octanol–water partition coefficient (Wildman–Crippen LogP) is 15.2. The summed E-state index contributed by atoms with van der Waals surface area (Å²) in [5.74, 6) is -0.179. The molecule has 58 heavy (non-hydrogen) atoms. The number of phenols is 4. The highest BCUT2D eigenvalue weighted by Gasteiger charge is 2.30. The summed E-state index contributed by atoms with van der Waals surface area (Å²) in [6.45, 7) is 0. The third kappa shape index (κ3) is 5.19. The first-order valence-electron chi connectivity index (χ1n) is 19.7. The second-order valence-electron chi connectivity index (χ2n) is 15.0. The topological polar surface area (TPSA) is 40.5 Å². The minimum absolute atomic E-state index is 0.0893. The van der Waals surface area contributed by atoms with E-state index in [1.54, 1.807) is 0 Å². The van der Waals surface area contributed by atoms with Crippen molar-refractivity contribution < 1.29 is 10.2 Å². The Morgan fingerprint density at radius 3 is 0.897 bits per heavy atom. The Kier molecular flexibility index (Phi) is 7.84. The van der Waals surface area contributed by atoms with Crippen LogP contribution >= 0.6 is 0 Å². The van der Waals surface area contributed by atoms with E-state index in [2.05, 4.69) is 182 Å². The van der Waals surface area contributed by atoms with E-state index in [0.717, 1.165) is 99.1 Å². The molecule has 2 N–H and O–H groups in total. The van der Waals surface area contributed by atoms with E-state index in [0.29, 0.717) is 10.8 Å². The first-order chi connectivity index (χ1) is 28.7. The summed E-state index contributed by atoms with van der Waals surface area (Å²) in [6, 6.07) is 72.5. The summed E-state index contributed by atoms with van der Waals surface area (Å²) in [7, 11) is 0. The van der Waals surface area contributed by atoms with Gasteiger partial charge in [0.05, 0.1) is 0 Å². The lowest BCUT2D eigenvalue weighted by molar-refractivity contribution is 0.412. The molecular formula is C56H36O2. The van der Waals surface area contributed by atoms with Gasteiger partial charge in [-0.1, -0.05) is 194 Å². The van der Waals surface area contributed by atoms with E-state index in [4.69, 9.17) is 0 Å². The van der Waals surface area contributed by atoms with Crippen LogP contribution in [0.2, 0.25) is 0 Å². The molecule has 0 saturated heterocycles. The van der Waals surface area contributed by atoms with Crippen molar-refractivity contribution in [3.05, 3.63) is 206 Å². The van der Waals surface area contributed by atoms with Gasteiger partial charge in [0.2, 0.25) is 0 Å². The van der Waals surface area contributed by atoms with Gasteiger partial charge >= 0.3 is 0 Å². The van der Waals surface area contributed by atoms with Gasteiger partial charge in [0.15, 0.2) is 11.5 Å². The number of benzene rings is 12.